The minimum absolute atomic E-state index is 0.515. The van der Waals surface area contributed by atoms with Crippen molar-refractivity contribution in [3.05, 3.63) is 63.1 Å². The molecular formula is C19H16Cl3N3. The molecule has 3 aromatic rings. The number of aromatic nitrogens is 2. The van der Waals surface area contributed by atoms with Crippen LogP contribution in [-0.2, 0) is 6.42 Å². The van der Waals surface area contributed by atoms with Gasteiger partial charge in [-0.3, -0.25) is 0 Å². The van der Waals surface area contributed by atoms with Crippen LogP contribution in [0.15, 0.2) is 42.5 Å². The fourth-order valence-electron chi connectivity index (χ4n) is 3.17. The second kappa shape index (κ2) is 6.91. The van der Waals surface area contributed by atoms with Crippen molar-refractivity contribution in [2.45, 2.75) is 19.3 Å². The van der Waals surface area contributed by atoms with Crippen LogP contribution < -0.4 is 5.32 Å². The third kappa shape index (κ3) is 3.24. The number of hydrogen-bond donors (Lipinski definition) is 1. The van der Waals surface area contributed by atoms with Gasteiger partial charge in [-0.2, -0.15) is 5.10 Å². The van der Waals surface area contributed by atoms with Gasteiger partial charge in [0.05, 0.1) is 21.4 Å². The summed E-state index contributed by atoms with van der Waals surface area (Å²) < 4.78 is 1.92. The molecule has 0 atom stereocenters. The zero-order valence-electron chi connectivity index (χ0n) is 13.4. The molecule has 0 saturated carbocycles. The summed E-state index contributed by atoms with van der Waals surface area (Å²) in [7, 11) is 0. The summed E-state index contributed by atoms with van der Waals surface area (Å²) in [6.45, 7) is 0.926. The zero-order chi connectivity index (χ0) is 17.4. The molecule has 2 aromatic carbocycles. The third-order valence-corrected chi connectivity index (χ3v) is 5.35. The van der Waals surface area contributed by atoms with E-state index in [1.54, 1.807) is 6.07 Å². The SMILES string of the molecule is Clc1cccc(-c2nn(-c3ccc(Cl)c(Cl)c3)c3c2CCCCN3)c1. The first kappa shape index (κ1) is 16.8. The largest absolute Gasteiger partial charge is 0.370 e. The highest BCUT2D eigenvalue weighted by Crippen LogP contribution is 2.35. The Hall–Kier alpha value is -1.68. The van der Waals surface area contributed by atoms with E-state index in [1.165, 1.54) is 5.56 Å². The molecule has 128 valence electrons. The molecule has 4 rings (SSSR count). The number of hydrogen-bond acceptors (Lipinski definition) is 2. The quantitative estimate of drug-likeness (QED) is 0.559. The lowest BCUT2D eigenvalue weighted by molar-refractivity contribution is 0.780. The normalized spacial score (nSPS) is 13.9. The molecule has 1 aromatic heterocycles. The molecule has 0 fully saturated rings. The van der Waals surface area contributed by atoms with Crippen LogP contribution in [0.5, 0.6) is 0 Å². The van der Waals surface area contributed by atoms with Crippen LogP contribution in [0.25, 0.3) is 16.9 Å². The standard InChI is InChI=1S/C19H16Cl3N3/c20-13-5-3-4-12(10-13)18-15-6-1-2-9-23-19(15)25(24-18)14-7-8-16(21)17(22)11-14/h3-5,7-8,10-11,23H,1-2,6,9H2. The summed E-state index contributed by atoms with van der Waals surface area (Å²) in [4.78, 5) is 0. The Kier molecular flexibility index (Phi) is 4.63. The molecule has 1 N–H and O–H groups in total. The first-order chi connectivity index (χ1) is 12.1. The lowest BCUT2D eigenvalue weighted by atomic mass is 10.0. The van der Waals surface area contributed by atoms with Crippen LogP contribution >= 0.6 is 34.8 Å². The van der Waals surface area contributed by atoms with Crippen LogP contribution in [0.1, 0.15) is 18.4 Å². The lowest BCUT2D eigenvalue weighted by Gasteiger charge is -2.10. The molecule has 1 aliphatic heterocycles. The van der Waals surface area contributed by atoms with Crippen LogP contribution in [0.2, 0.25) is 15.1 Å². The van der Waals surface area contributed by atoms with Gasteiger partial charge in [-0.25, -0.2) is 4.68 Å². The van der Waals surface area contributed by atoms with E-state index in [9.17, 15) is 0 Å². The van der Waals surface area contributed by atoms with Gasteiger partial charge < -0.3 is 5.32 Å². The molecule has 0 radical (unpaired) electrons. The smallest absolute Gasteiger partial charge is 0.133 e. The Labute approximate surface area is 161 Å². The van der Waals surface area contributed by atoms with Gasteiger partial charge in [-0.15, -0.1) is 0 Å². The molecule has 1 aliphatic rings. The van der Waals surface area contributed by atoms with Gasteiger partial charge in [0.1, 0.15) is 5.82 Å². The van der Waals surface area contributed by atoms with E-state index in [0.717, 1.165) is 48.6 Å². The highest BCUT2D eigenvalue weighted by atomic mass is 35.5. The maximum Gasteiger partial charge on any atom is 0.133 e. The molecule has 6 heteroatoms. The molecule has 0 saturated heterocycles. The van der Waals surface area contributed by atoms with E-state index < -0.39 is 0 Å². The maximum atomic E-state index is 6.21. The molecule has 25 heavy (non-hydrogen) atoms. The van der Waals surface area contributed by atoms with Crippen molar-refractivity contribution in [3.63, 3.8) is 0 Å². The summed E-state index contributed by atoms with van der Waals surface area (Å²) in [6, 6.07) is 13.4. The van der Waals surface area contributed by atoms with Gasteiger partial charge in [-0.05, 0) is 49.6 Å². The number of fused-ring (bicyclic) bond motifs is 1. The van der Waals surface area contributed by atoms with Crippen LogP contribution in [0.4, 0.5) is 5.82 Å². The number of halogens is 3. The predicted molar refractivity (Wildman–Crippen MR) is 105 cm³/mol. The van der Waals surface area contributed by atoms with E-state index in [2.05, 4.69) is 5.32 Å². The summed E-state index contributed by atoms with van der Waals surface area (Å²) in [5, 5.41) is 10.2. The molecule has 0 amide bonds. The van der Waals surface area contributed by atoms with Crippen molar-refractivity contribution >= 4 is 40.6 Å². The Balaban J connectivity index is 1.91. The van der Waals surface area contributed by atoms with Crippen LogP contribution in [-0.4, -0.2) is 16.3 Å². The molecule has 0 spiro atoms. The number of benzene rings is 2. The van der Waals surface area contributed by atoms with Gasteiger partial charge >= 0.3 is 0 Å². The monoisotopic (exact) mass is 391 g/mol. The number of nitrogens with zero attached hydrogens (tertiary/aromatic N) is 2. The fraction of sp³-hybridized carbons (Fsp3) is 0.211. The summed E-state index contributed by atoms with van der Waals surface area (Å²) in [5.74, 6) is 1.02. The third-order valence-electron chi connectivity index (χ3n) is 4.38. The van der Waals surface area contributed by atoms with Crippen molar-refractivity contribution in [2.75, 3.05) is 11.9 Å². The summed E-state index contributed by atoms with van der Waals surface area (Å²) >= 11 is 18.5. The fourth-order valence-corrected chi connectivity index (χ4v) is 3.66. The first-order valence-corrected chi connectivity index (χ1v) is 9.34. The van der Waals surface area contributed by atoms with Gasteiger partial charge in [0.2, 0.25) is 0 Å². The van der Waals surface area contributed by atoms with Crippen molar-refractivity contribution < 1.29 is 0 Å². The number of rotatable bonds is 2. The molecule has 2 heterocycles. The van der Waals surface area contributed by atoms with Crippen LogP contribution in [0, 0.1) is 0 Å². The number of nitrogens with one attached hydrogen (secondary N) is 1. The van der Waals surface area contributed by atoms with E-state index in [4.69, 9.17) is 39.9 Å². The predicted octanol–water partition coefficient (Wildman–Crippen LogP) is 6.25. The van der Waals surface area contributed by atoms with Gasteiger partial charge in [-0.1, -0.05) is 46.9 Å². The van der Waals surface area contributed by atoms with Gasteiger partial charge in [0.15, 0.2) is 0 Å². The lowest BCUT2D eigenvalue weighted by Crippen LogP contribution is -2.07. The molecule has 0 unspecified atom stereocenters. The van der Waals surface area contributed by atoms with E-state index in [-0.39, 0.29) is 0 Å². The number of anilines is 1. The first-order valence-electron chi connectivity index (χ1n) is 8.20. The minimum atomic E-state index is 0.515. The molecular weight excluding hydrogens is 377 g/mol. The summed E-state index contributed by atoms with van der Waals surface area (Å²) in [5.41, 5.74) is 4.07. The molecule has 3 nitrogen and oxygen atoms in total. The zero-order valence-corrected chi connectivity index (χ0v) is 15.7. The Morgan fingerprint density at radius 3 is 2.64 bits per heavy atom. The topological polar surface area (TPSA) is 29.9 Å². The Morgan fingerprint density at radius 2 is 1.84 bits per heavy atom. The van der Waals surface area contributed by atoms with Crippen molar-refractivity contribution in [2.24, 2.45) is 0 Å². The molecule has 0 aliphatic carbocycles. The average molecular weight is 393 g/mol. The van der Waals surface area contributed by atoms with E-state index >= 15 is 0 Å². The average Bonchev–Trinajstić information content (AvgIpc) is 2.79. The van der Waals surface area contributed by atoms with Gasteiger partial charge in [0.25, 0.3) is 0 Å². The minimum Gasteiger partial charge on any atom is -0.370 e. The van der Waals surface area contributed by atoms with Crippen molar-refractivity contribution in [1.82, 2.24) is 9.78 Å². The summed E-state index contributed by atoms with van der Waals surface area (Å²) in [6.07, 6.45) is 3.23. The van der Waals surface area contributed by atoms with E-state index in [0.29, 0.717) is 15.1 Å². The van der Waals surface area contributed by atoms with Gasteiger partial charge in [0, 0.05) is 22.7 Å². The Morgan fingerprint density at radius 1 is 0.960 bits per heavy atom. The Bertz CT molecular complexity index is 934. The van der Waals surface area contributed by atoms with Crippen LogP contribution in [0.3, 0.4) is 0 Å². The van der Waals surface area contributed by atoms with Crippen molar-refractivity contribution in [3.8, 4) is 16.9 Å². The highest BCUT2D eigenvalue weighted by Gasteiger charge is 2.22. The highest BCUT2D eigenvalue weighted by molar-refractivity contribution is 6.42. The second-order valence-corrected chi connectivity index (χ2v) is 7.33. The van der Waals surface area contributed by atoms with Crippen molar-refractivity contribution in [1.29, 1.82) is 0 Å². The van der Waals surface area contributed by atoms with E-state index in [1.807, 2.05) is 41.1 Å². The molecule has 0 bridgehead atoms. The second-order valence-electron chi connectivity index (χ2n) is 6.08. The maximum absolute atomic E-state index is 6.21.